The van der Waals surface area contributed by atoms with Crippen LogP contribution in [0, 0.1) is 0 Å². The molecule has 2 N–H and O–H groups in total. The number of carbonyl (C=O) groups is 1. The molecule has 0 aliphatic carbocycles. The summed E-state index contributed by atoms with van der Waals surface area (Å²) in [6.07, 6.45) is 0.500. The van der Waals surface area contributed by atoms with Gasteiger partial charge >= 0.3 is 0 Å². The number of rotatable bonds is 6. The molecule has 84 valence electrons. The summed E-state index contributed by atoms with van der Waals surface area (Å²) in [6.45, 7) is 4.13. The van der Waals surface area contributed by atoms with Crippen LogP contribution >= 0.6 is 15.9 Å². The molecular formula is C9H18BrNO3. The van der Waals surface area contributed by atoms with Gasteiger partial charge in [-0.15, -0.1) is 0 Å². The molecule has 0 saturated heterocycles. The Labute approximate surface area is 93.1 Å². The van der Waals surface area contributed by atoms with E-state index >= 15 is 0 Å². The second-order valence-corrected chi connectivity index (χ2v) is 4.95. The number of nitrogens with one attached hydrogen (secondary N) is 1. The van der Waals surface area contributed by atoms with E-state index in [0.29, 0.717) is 13.0 Å². The van der Waals surface area contributed by atoms with Gasteiger partial charge in [0.15, 0.2) is 0 Å². The average molecular weight is 268 g/mol. The molecule has 0 radical (unpaired) electrons. The van der Waals surface area contributed by atoms with E-state index < -0.39 is 5.60 Å². The van der Waals surface area contributed by atoms with Crippen molar-refractivity contribution >= 4 is 21.8 Å². The molecule has 1 amide bonds. The van der Waals surface area contributed by atoms with Gasteiger partial charge in [-0.3, -0.25) is 4.79 Å². The van der Waals surface area contributed by atoms with Crippen LogP contribution < -0.4 is 5.32 Å². The van der Waals surface area contributed by atoms with E-state index in [1.165, 1.54) is 0 Å². The third-order valence-corrected chi connectivity index (χ3v) is 2.27. The van der Waals surface area contributed by atoms with Crippen LogP contribution in [0.3, 0.4) is 0 Å². The fourth-order valence-electron chi connectivity index (χ4n) is 0.828. The number of ether oxygens (including phenoxy) is 1. The summed E-state index contributed by atoms with van der Waals surface area (Å²) in [7, 11) is 1.58. The molecule has 0 aromatic carbocycles. The lowest BCUT2D eigenvalue weighted by Crippen LogP contribution is -2.43. The Bertz CT molecular complexity index is 183. The van der Waals surface area contributed by atoms with Gasteiger partial charge in [-0.2, -0.15) is 0 Å². The minimum Gasteiger partial charge on any atom is -0.388 e. The van der Waals surface area contributed by atoms with Crippen LogP contribution in [0.25, 0.3) is 0 Å². The summed E-state index contributed by atoms with van der Waals surface area (Å²) in [5.41, 5.74) is -0.909. The largest absolute Gasteiger partial charge is 0.388 e. The average Bonchev–Trinajstić information content (AvgIpc) is 2.11. The van der Waals surface area contributed by atoms with Crippen LogP contribution in [-0.2, 0) is 9.53 Å². The maximum Gasteiger partial charge on any atom is 0.233 e. The van der Waals surface area contributed by atoms with Gasteiger partial charge in [-0.25, -0.2) is 0 Å². The Kier molecular flexibility index (Phi) is 6.31. The molecule has 0 aliphatic heterocycles. The minimum absolute atomic E-state index is 0.123. The first-order valence-corrected chi connectivity index (χ1v) is 5.44. The molecule has 4 nitrogen and oxygen atoms in total. The molecule has 5 heteroatoms. The van der Waals surface area contributed by atoms with Crippen LogP contribution in [0.4, 0.5) is 0 Å². The number of hydrogen-bond donors (Lipinski definition) is 2. The van der Waals surface area contributed by atoms with Crippen LogP contribution in [-0.4, -0.2) is 41.7 Å². The zero-order valence-corrected chi connectivity index (χ0v) is 10.4. The highest BCUT2D eigenvalue weighted by molar-refractivity contribution is 9.10. The zero-order chi connectivity index (χ0) is 11.2. The van der Waals surface area contributed by atoms with Crippen molar-refractivity contribution in [1.29, 1.82) is 0 Å². The first kappa shape index (κ1) is 13.9. The van der Waals surface area contributed by atoms with E-state index in [0.717, 1.165) is 0 Å². The predicted molar refractivity (Wildman–Crippen MR) is 58.5 cm³/mol. The summed E-state index contributed by atoms with van der Waals surface area (Å²) in [4.78, 5) is 10.9. The summed E-state index contributed by atoms with van der Waals surface area (Å²) in [6, 6.07) is 0. The molecule has 14 heavy (non-hydrogen) atoms. The maximum atomic E-state index is 11.2. The lowest BCUT2D eigenvalue weighted by atomic mass is 10.0. The number of aliphatic hydroxyl groups is 1. The van der Waals surface area contributed by atoms with Crippen molar-refractivity contribution in [2.75, 3.05) is 20.3 Å². The van der Waals surface area contributed by atoms with E-state index in [-0.39, 0.29) is 17.3 Å². The first-order valence-electron chi connectivity index (χ1n) is 4.52. The van der Waals surface area contributed by atoms with Gasteiger partial charge in [0, 0.05) is 26.7 Å². The van der Waals surface area contributed by atoms with Gasteiger partial charge in [0.05, 0.1) is 10.4 Å². The fraction of sp³-hybridized carbons (Fsp3) is 0.889. The second-order valence-electron chi connectivity index (χ2n) is 3.57. The maximum absolute atomic E-state index is 11.2. The lowest BCUT2D eigenvalue weighted by Gasteiger charge is -2.23. The van der Waals surface area contributed by atoms with E-state index in [2.05, 4.69) is 21.2 Å². The quantitative estimate of drug-likeness (QED) is 0.696. The second kappa shape index (κ2) is 6.37. The number of halogens is 1. The molecule has 0 spiro atoms. The van der Waals surface area contributed by atoms with Crippen molar-refractivity contribution in [3.05, 3.63) is 0 Å². The number of methoxy groups -OCH3 is 1. The van der Waals surface area contributed by atoms with Crippen LogP contribution in [0.1, 0.15) is 20.3 Å². The molecule has 0 fully saturated rings. The van der Waals surface area contributed by atoms with Gasteiger partial charge < -0.3 is 15.2 Å². The highest BCUT2D eigenvalue weighted by atomic mass is 79.9. The molecular weight excluding hydrogens is 250 g/mol. The summed E-state index contributed by atoms with van der Waals surface area (Å²) < 4.78 is 4.85. The molecule has 0 aliphatic rings. The summed E-state index contributed by atoms with van der Waals surface area (Å²) >= 11 is 3.14. The molecule has 2 atom stereocenters. The van der Waals surface area contributed by atoms with Crippen LogP contribution in [0.2, 0.25) is 0 Å². The van der Waals surface area contributed by atoms with Gasteiger partial charge in [0.1, 0.15) is 0 Å². The molecule has 0 heterocycles. The third-order valence-electron chi connectivity index (χ3n) is 1.85. The highest BCUT2D eigenvalue weighted by Gasteiger charge is 2.21. The van der Waals surface area contributed by atoms with Gasteiger partial charge in [0.2, 0.25) is 5.91 Å². The van der Waals surface area contributed by atoms with Crippen molar-refractivity contribution < 1.29 is 14.6 Å². The van der Waals surface area contributed by atoms with Crippen molar-refractivity contribution in [3.63, 3.8) is 0 Å². The van der Waals surface area contributed by atoms with Crippen molar-refractivity contribution in [2.45, 2.75) is 30.7 Å². The molecule has 0 aromatic rings. The fourth-order valence-corrected chi connectivity index (χ4v) is 0.990. The zero-order valence-electron chi connectivity index (χ0n) is 8.84. The minimum atomic E-state index is -0.909. The van der Waals surface area contributed by atoms with Gasteiger partial charge in [-0.1, -0.05) is 15.9 Å². The van der Waals surface area contributed by atoms with Crippen molar-refractivity contribution in [1.82, 2.24) is 5.32 Å². The Hall–Kier alpha value is -0.130. The normalized spacial score (nSPS) is 17.2. The van der Waals surface area contributed by atoms with E-state index in [9.17, 15) is 9.90 Å². The number of alkyl halides is 1. The van der Waals surface area contributed by atoms with Crippen LogP contribution in [0.5, 0.6) is 0 Å². The van der Waals surface area contributed by atoms with Gasteiger partial charge in [0.25, 0.3) is 0 Å². The molecule has 0 bridgehead atoms. The number of carbonyl (C=O) groups excluding carboxylic acids is 1. The Morgan fingerprint density at radius 2 is 2.29 bits per heavy atom. The number of hydrogen-bond acceptors (Lipinski definition) is 3. The standard InChI is InChI=1S/C9H18BrNO3/c1-7(10)8(12)11-6-9(2,13)4-5-14-3/h7,13H,4-6H2,1-3H3,(H,11,12). The Balaban J connectivity index is 3.80. The monoisotopic (exact) mass is 267 g/mol. The molecule has 0 aromatic heterocycles. The third kappa shape index (κ3) is 6.34. The lowest BCUT2D eigenvalue weighted by molar-refractivity contribution is -0.121. The smallest absolute Gasteiger partial charge is 0.233 e. The van der Waals surface area contributed by atoms with Gasteiger partial charge in [-0.05, 0) is 13.8 Å². The van der Waals surface area contributed by atoms with Crippen LogP contribution in [0.15, 0.2) is 0 Å². The molecule has 0 saturated carbocycles. The SMILES string of the molecule is COCCC(C)(O)CNC(=O)C(C)Br. The highest BCUT2D eigenvalue weighted by Crippen LogP contribution is 2.08. The van der Waals surface area contributed by atoms with E-state index in [1.54, 1.807) is 21.0 Å². The number of amides is 1. The predicted octanol–water partition coefficient (Wildman–Crippen LogP) is 0.674. The molecule has 0 rings (SSSR count). The van der Waals surface area contributed by atoms with Crippen molar-refractivity contribution in [2.24, 2.45) is 0 Å². The van der Waals surface area contributed by atoms with E-state index in [1.807, 2.05) is 0 Å². The van der Waals surface area contributed by atoms with E-state index in [4.69, 9.17) is 4.74 Å². The first-order chi connectivity index (χ1) is 6.39. The molecule has 2 unspecified atom stereocenters. The van der Waals surface area contributed by atoms with Crippen molar-refractivity contribution in [3.8, 4) is 0 Å². The topological polar surface area (TPSA) is 58.6 Å². The Morgan fingerprint density at radius 1 is 1.71 bits per heavy atom. The Morgan fingerprint density at radius 3 is 2.71 bits per heavy atom. The summed E-state index contributed by atoms with van der Waals surface area (Å²) in [5, 5.41) is 12.4. The summed E-state index contributed by atoms with van der Waals surface area (Å²) in [5.74, 6) is -0.123.